The Bertz CT molecular complexity index is 1690. The number of benzene rings is 4. The Balaban J connectivity index is 1.29. The van der Waals surface area contributed by atoms with Crippen molar-refractivity contribution in [3.63, 3.8) is 0 Å². The van der Waals surface area contributed by atoms with Crippen molar-refractivity contribution in [2.75, 3.05) is 51.0 Å². The van der Waals surface area contributed by atoms with Crippen LogP contribution in [0.25, 0.3) is 11.3 Å². The van der Waals surface area contributed by atoms with Crippen molar-refractivity contribution < 1.29 is 14.3 Å². The molecule has 1 saturated heterocycles. The van der Waals surface area contributed by atoms with Crippen molar-refractivity contribution >= 4 is 34.5 Å². The van der Waals surface area contributed by atoms with E-state index in [9.17, 15) is 9.59 Å². The summed E-state index contributed by atoms with van der Waals surface area (Å²) in [6, 6.07) is 31.1. The Hall–Kier alpha value is -4.92. The van der Waals surface area contributed by atoms with Gasteiger partial charge in [0.15, 0.2) is 0 Å². The molecule has 2 aliphatic heterocycles. The lowest BCUT2D eigenvalue weighted by molar-refractivity contribution is -0.110. The number of ether oxygens (including phenoxy) is 1. The lowest BCUT2D eigenvalue weighted by Gasteiger charge is -2.32. The summed E-state index contributed by atoms with van der Waals surface area (Å²) in [4.78, 5) is 31.6. The molecule has 6 rings (SSSR count). The highest BCUT2D eigenvalue weighted by Gasteiger charge is 2.29. The van der Waals surface area contributed by atoms with Gasteiger partial charge >= 0.3 is 0 Å². The van der Waals surface area contributed by atoms with E-state index in [0.29, 0.717) is 34.6 Å². The average molecular weight is 588 g/mol. The minimum atomic E-state index is -0.222. The van der Waals surface area contributed by atoms with Gasteiger partial charge in [0.05, 0.1) is 18.4 Å². The summed E-state index contributed by atoms with van der Waals surface area (Å²) in [5.74, 6) is 0.300. The molecule has 0 radical (unpaired) electrons. The van der Waals surface area contributed by atoms with Gasteiger partial charge in [-0.1, -0.05) is 54.6 Å². The largest absolute Gasteiger partial charge is 0.497 e. The molecule has 4 aromatic carbocycles. The normalized spacial score (nSPS) is 16.2. The van der Waals surface area contributed by atoms with Crippen LogP contribution in [-0.2, 0) is 17.9 Å². The molecule has 3 N–H and O–H groups in total. The lowest BCUT2D eigenvalue weighted by atomic mass is 9.98. The number of nitrogens with zero attached hydrogens (tertiary/aromatic N) is 2. The van der Waals surface area contributed by atoms with E-state index >= 15 is 0 Å². The lowest BCUT2D eigenvalue weighted by Crippen LogP contribution is -2.43. The number of anilines is 2. The summed E-state index contributed by atoms with van der Waals surface area (Å²) < 4.78 is 5.30. The van der Waals surface area contributed by atoms with Crippen LogP contribution in [0.5, 0.6) is 5.75 Å². The van der Waals surface area contributed by atoms with Gasteiger partial charge in [0.2, 0.25) is 0 Å². The number of hydrogen-bond donors (Lipinski definition) is 3. The zero-order valence-electron chi connectivity index (χ0n) is 25.1. The second-order valence-corrected chi connectivity index (χ2v) is 11.3. The van der Waals surface area contributed by atoms with Crippen LogP contribution in [0, 0.1) is 0 Å². The number of hydrogen-bond acceptors (Lipinski definition) is 6. The summed E-state index contributed by atoms with van der Waals surface area (Å²) in [5.41, 5.74) is 6.94. The molecule has 4 aromatic rings. The molecule has 44 heavy (non-hydrogen) atoms. The first-order chi connectivity index (χ1) is 21.5. The number of piperazine rings is 1. The highest BCUT2D eigenvalue weighted by Crippen LogP contribution is 2.38. The standard InChI is InChI=1S/C36H37N5O3/c1-40-16-18-41(19-17-40)24-26-9-6-12-29(20-26)38-34(27-10-4-3-5-11-27)33-31-22-28(14-15-32(31)39-36(33)43)35(42)37-23-25-8-7-13-30(21-25)44-2/h3-15,20-22,38H,16-19,23-24H2,1-2H3,(H,37,42)(H,39,43)/b34-33-. The van der Waals surface area contributed by atoms with Gasteiger partial charge in [0.1, 0.15) is 5.75 Å². The fraction of sp³-hybridized carbons (Fsp3) is 0.222. The molecule has 2 heterocycles. The zero-order chi connectivity index (χ0) is 30.5. The van der Waals surface area contributed by atoms with E-state index in [0.717, 1.165) is 55.3 Å². The molecule has 0 spiro atoms. The number of carbonyl (C=O) groups is 2. The first-order valence-electron chi connectivity index (χ1n) is 14.9. The Labute approximate surface area is 258 Å². The van der Waals surface area contributed by atoms with E-state index in [2.05, 4.69) is 51.0 Å². The van der Waals surface area contributed by atoms with Crippen LogP contribution in [-0.4, -0.2) is 62.0 Å². The number of rotatable bonds is 9. The Morgan fingerprint density at radius 2 is 1.61 bits per heavy atom. The van der Waals surface area contributed by atoms with Crippen LogP contribution in [0.1, 0.15) is 32.6 Å². The second-order valence-electron chi connectivity index (χ2n) is 11.3. The van der Waals surface area contributed by atoms with Gasteiger partial charge in [-0.3, -0.25) is 14.5 Å². The predicted octanol–water partition coefficient (Wildman–Crippen LogP) is 5.31. The molecule has 1 fully saturated rings. The van der Waals surface area contributed by atoms with Crippen LogP contribution >= 0.6 is 0 Å². The summed E-state index contributed by atoms with van der Waals surface area (Å²) >= 11 is 0. The summed E-state index contributed by atoms with van der Waals surface area (Å²) in [5, 5.41) is 9.56. The van der Waals surface area contributed by atoms with Gasteiger partial charge in [-0.25, -0.2) is 0 Å². The van der Waals surface area contributed by atoms with Crippen LogP contribution in [0.4, 0.5) is 11.4 Å². The molecule has 8 nitrogen and oxygen atoms in total. The maximum absolute atomic E-state index is 13.5. The van der Waals surface area contributed by atoms with Gasteiger partial charge in [-0.05, 0) is 66.2 Å². The van der Waals surface area contributed by atoms with Gasteiger partial charge in [-0.15, -0.1) is 0 Å². The van der Waals surface area contributed by atoms with Crippen molar-refractivity contribution in [1.29, 1.82) is 0 Å². The minimum Gasteiger partial charge on any atom is -0.497 e. The number of nitrogens with one attached hydrogen (secondary N) is 3. The molecule has 2 aliphatic rings. The Morgan fingerprint density at radius 1 is 0.841 bits per heavy atom. The molecule has 0 bridgehead atoms. The highest BCUT2D eigenvalue weighted by molar-refractivity contribution is 6.37. The molecule has 0 aromatic heterocycles. The van der Waals surface area contributed by atoms with Gasteiger partial charge in [-0.2, -0.15) is 0 Å². The molecule has 2 amide bonds. The zero-order valence-corrected chi connectivity index (χ0v) is 25.1. The topological polar surface area (TPSA) is 85.9 Å². The molecule has 0 saturated carbocycles. The second kappa shape index (κ2) is 13.2. The number of carbonyl (C=O) groups excluding carboxylic acids is 2. The first kappa shape index (κ1) is 29.2. The van der Waals surface area contributed by atoms with Crippen LogP contribution in [0.2, 0.25) is 0 Å². The minimum absolute atomic E-state index is 0.214. The van der Waals surface area contributed by atoms with E-state index in [-0.39, 0.29) is 11.8 Å². The van der Waals surface area contributed by atoms with Gasteiger partial charge in [0.25, 0.3) is 11.8 Å². The smallest absolute Gasteiger partial charge is 0.258 e. The van der Waals surface area contributed by atoms with E-state index < -0.39 is 0 Å². The number of fused-ring (bicyclic) bond motifs is 1. The highest BCUT2D eigenvalue weighted by atomic mass is 16.5. The third-order valence-corrected chi connectivity index (χ3v) is 8.12. The maximum atomic E-state index is 13.5. The van der Waals surface area contributed by atoms with E-state index in [1.807, 2.05) is 60.7 Å². The third-order valence-electron chi connectivity index (χ3n) is 8.12. The van der Waals surface area contributed by atoms with Crippen molar-refractivity contribution in [3.8, 4) is 5.75 Å². The molecule has 0 atom stereocenters. The van der Waals surface area contributed by atoms with E-state index in [1.54, 1.807) is 25.3 Å². The SMILES string of the molecule is COc1cccc(CNC(=O)c2ccc3c(c2)/C(=C(/Nc2cccc(CN4CCN(C)CC4)c2)c2ccccc2)C(=O)N3)c1. The van der Waals surface area contributed by atoms with Crippen LogP contribution < -0.4 is 20.7 Å². The average Bonchev–Trinajstić information content (AvgIpc) is 3.38. The molecule has 224 valence electrons. The number of amides is 2. The number of likely N-dealkylation sites (N-methyl/N-ethyl adjacent to an activating group) is 1. The van der Waals surface area contributed by atoms with E-state index in [4.69, 9.17) is 4.74 Å². The van der Waals surface area contributed by atoms with Crippen molar-refractivity contribution in [2.24, 2.45) is 0 Å². The van der Waals surface area contributed by atoms with Crippen molar-refractivity contribution in [3.05, 3.63) is 125 Å². The monoisotopic (exact) mass is 587 g/mol. The maximum Gasteiger partial charge on any atom is 0.258 e. The van der Waals surface area contributed by atoms with Gasteiger partial charge < -0.3 is 25.6 Å². The fourth-order valence-corrected chi connectivity index (χ4v) is 5.66. The summed E-state index contributed by atoms with van der Waals surface area (Å²) in [7, 11) is 3.78. The number of methoxy groups -OCH3 is 1. The quantitative estimate of drug-likeness (QED) is 0.230. The Kier molecular flexibility index (Phi) is 8.72. The molecule has 0 unspecified atom stereocenters. The van der Waals surface area contributed by atoms with Crippen LogP contribution in [0.3, 0.4) is 0 Å². The summed E-state index contributed by atoms with van der Waals surface area (Å²) in [6.07, 6.45) is 0. The van der Waals surface area contributed by atoms with Crippen molar-refractivity contribution in [2.45, 2.75) is 13.1 Å². The molecule has 8 heteroatoms. The van der Waals surface area contributed by atoms with Gasteiger partial charge in [0, 0.05) is 61.8 Å². The van der Waals surface area contributed by atoms with Crippen LogP contribution in [0.15, 0.2) is 97.1 Å². The molecule has 0 aliphatic carbocycles. The fourth-order valence-electron chi connectivity index (χ4n) is 5.66. The summed E-state index contributed by atoms with van der Waals surface area (Å²) in [6.45, 7) is 5.45. The Morgan fingerprint density at radius 3 is 2.41 bits per heavy atom. The third kappa shape index (κ3) is 6.67. The first-order valence-corrected chi connectivity index (χ1v) is 14.9. The molecular formula is C36H37N5O3. The van der Waals surface area contributed by atoms with E-state index in [1.165, 1.54) is 5.56 Å². The predicted molar refractivity (Wildman–Crippen MR) is 175 cm³/mol. The molecular weight excluding hydrogens is 550 g/mol. The van der Waals surface area contributed by atoms with Crippen molar-refractivity contribution in [1.82, 2.24) is 15.1 Å².